The van der Waals surface area contributed by atoms with Crippen LogP contribution in [0.2, 0.25) is 0 Å². The number of nitrogens with two attached hydrogens (primary N) is 1. The Morgan fingerprint density at radius 3 is 2.70 bits per heavy atom. The molecule has 0 spiro atoms. The summed E-state index contributed by atoms with van der Waals surface area (Å²) in [6, 6.07) is 8.77. The van der Waals surface area contributed by atoms with Gasteiger partial charge < -0.3 is 20.5 Å². The maximum atomic E-state index is 11.6. The van der Waals surface area contributed by atoms with Crippen molar-refractivity contribution in [2.75, 3.05) is 20.3 Å². The molecular formula is C14H18N2O4. The summed E-state index contributed by atoms with van der Waals surface area (Å²) in [5.41, 5.74) is 6.67. The van der Waals surface area contributed by atoms with Gasteiger partial charge in [0.1, 0.15) is 6.04 Å². The van der Waals surface area contributed by atoms with Gasteiger partial charge in [-0.1, -0.05) is 30.3 Å². The molecule has 0 saturated heterocycles. The zero-order valence-electron chi connectivity index (χ0n) is 11.3. The Hall–Kier alpha value is -2.14. The fraction of sp³-hybridized carbons (Fsp3) is 0.357. The van der Waals surface area contributed by atoms with Gasteiger partial charge in [0.2, 0.25) is 5.91 Å². The first-order chi connectivity index (χ1) is 9.67. The second kappa shape index (κ2) is 8.87. The predicted molar refractivity (Wildman–Crippen MR) is 73.3 cm³/mol. The van der Waals surface area contributed by atoms with Crippen molar-refractivity contribution in [2.24, 2.45) is 5.73 Å². The lowest BCUT2D eigenvalue weighted by atomic mass is 10.2. The van der Waals surface area contributed by atoms with Crippen molar-refractivity contribution in [3.63, 3.8) is 0 Å². The van der Waals surface area contributed by atoms with E-state index in [1.54, 1.807) is 5.94 Å². The maximum Gasteiger partial charge on any atom is 0.239 e. The van der Waals surface area contributed by atoms with Gasteiger partial charge in [-0.05, 0) is 5.56 Å². The van der Waals surface area contributed by atoms with E-state index in [1.807, 2.05) is 30.3 Å². The normalized spacial score (nSPS) is 11.3. The predicted octanol–water partition coefficient (Wildman–Crippen LogP) is 0.00860. The minimum absolute atomic E-state index is 0.00996. The summed E-state index contributed by atoms with van der Waals surface area (Å²) >= 11 is 0. The summed E-state index contributed by atoms with van der Waals surface area (Å²) in [5, 5.41) is 2.46. The topological polar surface area (TPSA) is 90.7 Å². The van der Waals surface area contributed by atoms with Gasteiger partial charge in [-0.15, -0.1) is 0 Å². The van der Waals surface area contributed by atoms with E-state index in [-0.39, 0.29) is 18.9 Å². The van der Waals surface area contributed by atoms with Crippen LogP contribution in [0, 0.1) is 0 Å². The van der Waals surface area contributed by atoms with Crippen LogP contribution in [0.4, 0.5) is 0 Å². The summed E-state index contributed by atoms with van der Waals surface area (Å²) in [6.07, 6.45) is 0. The first-order valence-corrected chi connectivity index (χ1v) is 6.10. The summed E-state index contributed by atoms with van der Waals surface area (Å²) in [5.74, 6) is 1.16. The SMILES string of the molecule is COC(=C=O)CNC(=O)[C@H](N)COCc1ccccc1. The zero-order chi connectivity index (χ0) is 14.8. The molecule has 6 nitrogen and oxygen atoms in total. The maximum absolute atomic E-state index is 11.6. The van der Waals surface area contributed by atoms with Gasteiger partial charge in [0.05, 0.1) is 26.9 Å². The molecule has 0 fully saturated rings. The molecule has 0 aliphatic rings. The highest BCUT2D eigenvalue weighted by Crippen LogP contribution is 2.00. The summed E-state index contributed by atoms with van der Waals surface area (Å²) < 4.78 is 10.0. The van der Waals surface area contributed by atoms with Gasteiger partial charge in [-0.2, -0.15) is 0 Å². The smallest absolute Gasteiger partial charge is 0.239 e. The average Bonchev–Trinajstić information content (AvgIpc) is 2.49. The number of hydrogen-bond donors (Lipinski definition) is 2. The van der Waals surface area contributed by atoms with Crippen LogP contribution in [0.25, 0.3) is 0 Å². The van der Waals surface area contributed by atoms with E-state index in [0.29, 0.717) is 6.61 Å². The molecule has 0 saturated carbocycles. The molecule has 1 aromatic carbocycles. The van der Waals surface area contributed by atoms with Crippen LogP contribution in [0.1, 0.15) is 5.56 Å². The Balaban J connectivity index is 2.26. The van der Waals surface area contributed by atoms with Crippen LogP contribution >= 0.6 is 0 Å². The van der Waals surface area contributed by atoms with Crippen LogP contribution in [-0.2, 0) is 25.7 Å². The third-order valence-corrected chi connectivity index (χ3v) is 2.53. The fourth-order valence-corrected chi connectivity index (χ4v) is 1.40. The summed E-state index contributed by atoms with van der Waals surface area (Å²) in [4.78, 5) is 22.0. The largest absolute Gasteiger partial charge is 0.488 e. The molecule has 0 radical (unpaired) electrons. The molecule has 1 rings (SSSR count). The van der Waals surface area contributed by atoms with E-state index >= 15 is 0 Å². The van der Waals surface area contributed by atoms with E-state index in [1.165, 1.54) is 7.11 Å². The molecule has 108 valence electrons. The van der Waals surface area contributed by atoms with Crippen molar-refractivity contribution >= 4 is 11.8 Å². The first kappa shape index (κ1) is 15.9. The van der Waals surface area contributed by atoms with E-state index in [0.717, 1.165) is 5.56 Å². The van der Waals surface area contributed by atoms with Gasteiger partial charge in [0, 0.05) is 0 Å². The van der Waals surface area contributed by atoms with E-state index in [9.17, 15) is 9.59 Å². The number of nitrogens with one attached hydrogen (secondary N) is 1. The van der Waals surface area contributed by atoms with Crippen LogP contribution in [0.3, 0.4) is 0 Å². The Labute approximate surface area is 117 Å². The number of carbonyl (C=O) groups excluding carboxylic acids is 2. The van der Waals surface area contributed by atoms with Crippen molar-refractivity contribution < 1.29 is 19.1 Å². The standard InChI is InChI=1S/C14H18N2O4/c1-19-12(8-17)7-16-14(18)13(15)10-20-9-11-5-3-2-4-6-11/h2-6,13H,7,9-10,15H2,1H3,(H,16,18)/t13-/m1/s1. The average molecular weight is 278 g/mol. The number of carbonyl (C=O) groups is 1. The number of ether oxygens (including phenoxy) is 2. The van der Waals surface area contributed by atoms with Gasteiger partial charge in [0.25, 0.3) is 0 Å². The van der Waals surface area contributed by atoms with Crippen LogP contribution in [0.5, 0.6) is 0 Å². The van der Waals surface area contributed by atoms with E-state index < -0.39 is 11.9 Å². The Morgan fingerprint density at radius 1 is 1.40 bits per heavy atom. The lowest BCUT2D eigenvalue weighted by molar-refractivity contribution is -0.123. The molecule has 0 aliphatic heterocycles. The van der Waals surface area contributed by atoms with Crippen molar-refractivity contribution in [2.45, 2.75) is 12.6 Å². The quantitative estimate of drug-likeness (QED) is 0.516. The number of rotatable bonds is 8. The highest BCUT2D eigenvalue weighted by atomic mass is 16.5. The lowest BCUT2D eigenvalue weighted by Crippen LogP contribution is -2.44. The third kappa shape index (κ3) is 5.67. The van der Waals surface area contributed by atoms with E-state index in [4.69, 9.17) is 10.5 Å². The Morgan fingerprint density at radius 2 is 2.10 bits per heavy atom. The second-order valence-corrected chi connectivity index (χ2v) is 4.05. The molecule has 0 aromatic heterocycles. The molecule has 6 heteroatoms. The van der Waals surface area contributed by atoms with Crippen LogP contribution < -0.4 is 11.1 Å². The van der Waals surface area contributed by atoms with Gasteiger partial charge in [-0.25, -0.2) is 4.79 Å². The Kier molecular flexibility index (Phi) is 7.06. The molecular weight excluding hydrogens is 260 g/mol. The first-order valence-electron chi connectivity index (χ1n) is 6.10. The zero-order valence-corrected chi connectivity index (χ0v) is 11.3. The van der Waals surface area contributed by atoms with Gasteiger partial charge in [-0.3, -0.25) is 4.79 Å². The lowest BCUT2D eigenvalue weighted by Gasteiger charge is -2.12. The highest BCUT2D eigenvalue weighted by Gasteiger charge is 2.14. The van der Waals surface area contributed by atoms with Crippen molar-refractivity contribution in [1.29, 1.82) is 0 Å². The van der Waals surface area contributed by atoms with Crippen molar-refractivity contribution in [3.8, 4) is 0 Å². The molecule has 0 unspecified atom stereocenters. The van der Waals surface area contributed by atoms with E-state index in [2.05, 4.69) is 10.1 Å². The van der Waals surface area contributed by atoms with Gasteiger partial charge in [0.15, 0.2) is 11.7 Å². The minimum Gasteiger partial charge on any atom is -0.488 e. The molecule has 0 bridgehead atoms. The molecule has 0 aliphatic carbocycles. The Bertz CT molecular complexity index is 469. The van der Waals surface area contributed by atoms with Crippen LogP contribution in [0.15, 0.2) is 36.1 Å². The molecule has 3 N–H and O–H groups in total. The number of benzene rings is 1. The number of methoxy groups -OCH3 is 1. The molecule has 1 amide bonds. The third-order valence-electron chi connectivity index (χ3n) is 2.53. The highest BCUT2D eigenvalue weighted by molar-refractivity contribution is 5.82. The monoisotopic (exact) mass is 278 g/mol. The second-order valence-electron chi connectivity index (χ2n) is 4.05. The van der Waals surface area contributed by atoms with Crippen molar-refractivity contribution in [1.82, 2.24) is 5.32 Å². The number of amides is 1. The fourth-order valence-electron chi connectivity index (χ4n) is 1.40. The summed E-state index contributed by atoms with van der Waals surface area (Å²) in [7, 11) is 1.33. The van der Waals surface area contributed by atoms with Crippen LogP contribution in [-0.4, -0.2) is 38.2 Å². The number of hydrogen-bond acceptors (Lipinski definition) is 5. The van der Waals surface area contributed by atoms with Crippen molar-refractivity contribution in [3.05, 3.63) is 41.7 Å². The van der Waals surface area contributed by atoms with Gasteiger partial charge >= 0.3 is 0 Å². The minimum atomic E-state index is -0.802. The molecule has 1 aromatic rings. The summed E-state index contributed by atoms with van der Waals surface area (Å²) in [6.45, 7) is 0.443. The molecule has 20 heavy (non-hydrogen) atoms. The molecule has 0 heterocycles. The molecule has 1 atom stereocenters.